The van der Waals surface area contributed by atoms with Gasteiger partial charge in [-0.25, -0.2) is 0 Å². The molecule has 0 saturated heterocycles. The van der Waals surface area contributed by atoms with Crippen LogP contribution in [0.25, 0.3) is 0 Å². The molecule has 1 atom stereocenters. The Hall–Kier alpha value is -2.89. The molecule has 0 aliphatic rings. The first-order valence-corrected chi connectivity index (χ1v) is 31.3. The molecule has 6 heteroatoms. The smallest absolute Gasteiger partial charge is 0.306 e. The number of rotatable bonds is 57. The van der Waals surface area contributed by atoms with Gasteiger partial charge in [0.25, 0.3) is 0 Å². The Bertz CT molecular complexity index is 1290. The lowest BCUT2D eigenvalue weighted by molar-refractivity contribution is -0.167. The van der Waals surface area contributed by atoms with E-state index in [0.29, 0.717) is 19.3 Å². The minimum absolute atomic E-state index is 0.0866. The zero-order valence-electron chi connectivity index (χ0n) is 47.9. The second-order valence-electron chi connectivity index (χ2n) is 20.9. The molecule has 0 N–H and O–H groups in total. The van der Waals surface area contributed by atoms with Crippen molar-refractivity contribution < 1.29 is 28.6 Å². The van der Waals surface area contributed by atoms with E-state index in [-0.39, 0.29) is 31.1 Å². The summed E-state index contributed by atoms with van der Waals surface area (Å²) in [6, 6.07) is 0. The van der Waals surface area contributed by atoms with Crippen molar-refractivity contribution in [2.24, 2.45) is 0 Å². The van der Waals surface area contributed by atoms with Crippen LogP contribution in [0.5, 0.6) is 0 Å². The van der Waals surface area contributed by atoms with Crippen LogP contribution < -0.4 is 0 Å². The van der Waals surface area contributed by atoms with Crippen LogP contribution in [-0.4, -0.2) is 37.2 Å². The van der Waals surface area contributed by atoms with E-state index < -0.39 is 6.10 Å². The summed E-state index contributed by atoms with van der Waals surface area (Å²) in [5.74, 6) is -0.917. The van der Waals surface area contributed by atoms with Gasteiger partial charge in [0.05, 0.1) is 0 Å². The molecule has 0 aromatic rings. The Morgan fingerprint density at radius 2 is 0.569 bits per heavy atom. The standard InChI is InChI=1S/C66H118O6/c1-4-7-10-13-16-19-22-24-25-26-27-28-29-30-31-32-33-34-35-36-37-38-39-40-41-43-44-47-50-53-56-59-65(68)71-62-63(61-70-64(67)58-55-52-49-46-21-18-15-12-9-6-3)72-66(69)60-57-54-51-48-45-42-23-20-17-14-11-8-5-2/h8,11-12,15,17,20,26-27,42,45,63H,4-7,9-10,13-14,16,18-19,21-25,28-41,43-44,46-62H2,1-3H3/b11-8-,15-12-,20-17-,27-26-,45-42-. The minimum atomic E-state index is -0.790. The van der Waals surface area contributed by atoms with Crippen LogP contribution in [0.4, 0.5) is 0 Å². The molecule has 0 saturated carbocycles. The number of unbranched alkanes of at least 4 members (excludes halogenated alkanes) is 36. The molecule has 0 radical (unpaired) electrons. The van der Waals surface area contributed by atoms with Crippen molar-refractivity contribution in [1.29, 1.82) is 0 Å². The molecule has 418 valence electrons. The van der Waals surface area contributed by atoms with Crippen molar-refractivity contribution in [3.8, 4) is 0 Å². The number of carbonyl (C=O) groups is 3. The molecule has 6 nitrogen and oxygen atoms in total. The van der Waals surface area contributed by atoms with E-state index in [1.807, 2.05) is 0 Å². The molecular weight excluding hydrogens is 889 g/mol. The number of carbonyl (C=O) groups excluding carboxylic acids is 3. The van der Waals surface area contributed by atoms with Crippen molar-refractivity contribution in [1.82, 2.24) is 0 Å². The van der Waals surface area contributed by atoms with Gasteiger partial charge in [-0.1, -0.05) is 268 Å². The lowest BCUT2D eigenvalue weighted by Crippen LogP contribution is -2.30. The van der Waals surface area contributed by atoms with Gasteiger partial charge in [-0.2, -0.15) is 0 Å². The van der Waals surface area contributed by atoms with Gasteiger partial charge in [-0.15, -0.1) is 0 Å². The lowest BCUT2D eigenvalue weighted by Gasteiger charge is -2.18. The molecular formula is C66H118O6. The monoisotopic (exact) mass is 1010 g/mol. The molecule has 0 bridgehead atoms. The Morgan fingerprint density at radius 3 is 0.931 bits per heavy atom. The van der Waals surface area contributed by atoms with Gasteiger partial charge in [0.1, 0.15) is 13.2 Å². The number of esters is 3. The van der Waals surface area contributed by atoms with Crippen LogP contribution in [0.1, 0.15) is 323 Å². The van der Waals surface area contributed by atoms with Crippen molar-refractivity contribution in [3.63, 3.8) is 0 Å². The molecule has 0 fully saturated rings. The third-order valence-corrected chi connectivity index (χ3v) is 13.7. The van der Waals surface area contributed by atoms with Gasteiger partial charge in [0.15, 0.2) is 6.10 Å². The Morgan fingerprint density at radius 1 is 0.292 bits per heavy atom. The summed E-state index contributed by atoms with van der Waals surface area (Å²) in [5.41, 5.74) is 0. The zero-order chi connectivity index (χ0) is 52.2. The van der Waals surface area contributed by atoms with Crippen LogP contribution in [0.2, 0.25) is 0 Å². The highest BCUT2D eigenvalue weighted by molar-refractivity contribution is 5.71. The van der Waals surface area contributed by atoms with E-state index >= 15 is 0 Å². The highest BCUT2D eigenvalue weighted by Crippen LogP contribution is 2.17. The largest absolute Gasteiger partial charge is 0.462 e. The topological polar surface area (TPSA) is 78.9 Å². The molecule has 0 amide bonds. The first-order valence-electron chi connectivity index (χ1n) is 31.3. The maximum absolute atomic E-state index is 12.8. The van der Waals surface area contributed by atoms with Crippen LogP contribution in [0.15, 0.2) is 60.8 Å². The normalized spacial score (nSPS) is 12.4. The maximum atomic E-state index is 12.8. The maximum Gasteiger partial charge on any atom is 0.306 e. The summed E-state index contributed by atoms with van der Waals surface area (Å²) < 4.78 is 16.8. The first-order chi connectivity index (χ1) is 35.5. The van der Waals surface area contributed by atoms with Crippen LogP contribution in [0.3, 0.4) is 0 Å². The van der Waals surface area contributed by atoms with E-state index in [4.69, 9.17) is 14.2 Å². The van der Waals surface area contributed by atoms with Crippen LogP contribution in [0, 0.1) is 0 Å². The SMILES string of the molecule is CC/C=C\C/C=C\C/C=C\CCCCCC(=O)OC(COC(=O)CCCCCCC/C=C\CCC)COC(=O)CCCCCCCCCCCCCCCCCCCCC/C=C\CCCCCCCCCC. The average Bonchev–Trinajstić information content (AvgIpc) is 3.38. The summed E-state index contributed by atoms with van der Waals surface area (Å²) >= 11 is 0. The molecule has 0 aliphatic heterocycles. The van der Waals surface area contributed by atoms with E-state index in [2.05, 4.69) is 81.5 Å². The second-order valence-corrected chi connectivity index (χ2v) is 20.9. The fourth-order valence-electron chi connectivity index (χ4n) is 9.04. The predicted molar refractivity (Wildman–Crippen MR) is 312 cm³/mol. The fourth-order valence-corrected chi connectivity index (χ4v) is 9.04. The molecule has 0 aliphatic carbocycles. The zero-order valence-corrected chi connectivity index (χ0v) is 47.9. The number of hydrogen-bond acceptors (Lipinski definition) is 6. The van der Waals surface area contributed by atoms with Gasteiger partial charge in [-0.05, 0) is 96.3 Å². The highest BCUT2D eigenvalue weighted by Gasteiger charge is 2.19. The Balaban J connectivity index is 4.06. The summed E-state index contributed by atoms with van der Waals surface area (Å²) in [6.07, 6.45) is 76.9. The summed E-state index contributed by atoms with van der Waals surface area (Å²) in [7, 11) is 0. The Labute approximate surface area is 447 Å². The highest BCUT2D eigenvalue weighted by atomic mass is 16.6. The van der Waals surface area contributed by atoms with Crippen LogP contribution in [-0.2, 0) is 28.6 Å². The van der Waals surface area contributed by atoms with Gasteiger partial charge in [0.2, 0.25) is 0 Å². The summed E-state index contributed by atoms with van der Waals surface area (Å²) in [5, 5.41) is 0. The van der Waals surface area contributed by atoms with Crippen molar-refractivity contribution in [2.45, 2.75) is 329 Å². The molecule has 0 aromatic carbocycles. The van der Waals surface area contributed by atoms with E-state index in [1.54, 1.807) is 0 Å². The third kappa shape index (κ3) is 58.0. The van der Waals surface area contributed by atoms with Gasteiger partial charge in [0, 0.05) is 19.3 Å². The molecule has 0 heterocycles. The fraction of sp³-hybridized carbons (Fsp3) is 0.803. The molecule has 0 spiro atoms. The van der Waals surface area contributed by atoms with E-state index in [1.165, 1.54) is 186 Å². The van der Waals surface area contributed by atoms with E-state index in [0.717, 1.165) is 96.3 Å². The number of hydrogen-bond donors (Lipinski definition) is 0. The van der Waals surface area contributed by atoms with Crippen molar-refractivity contribution in [2.75, 3.05) is 13.2 Å². The molecule has 72 heavy (non-hydrogen) atoms. The van der Waals surface area contributed by atoms with Crippen LogP contribution >= 0.6 is 0 Å². The summed E-state index contributed by atoms with van der Waals surface area (Å²) in [6.45, 7) is 6.46. The number of ether oxygens (including phenoxy) is 3. The quantitative estimate of drug-likeness (QED) is 0.0261. The number of allylic oxidation sites excluding steroid dienone is 10. The summed E-state index contributed by atoms with van der Waals surface area (Å²) in [4.78, 5) is 38.0. The third-order valence-electron chi connectivity index (χ3n) is 13.7. The van der Waals surface area contributed by atoms with Gasteiger partial charge >= 0.3 is 17.9 Å². The first kappa shape index (κ1) is 69.1. The van der Waals surface area contributed by atoms with Crippen molar-refractivity contribution >= 4 is 17.9 Å². The minimum Gasteiger partial charge on any atom is -0.462 e. The van der Waals surface area contributed by atoms with Gasteiger partial charge in [-0.3, -0.25) is 14.4 Å². The average molecular weight is 1010 g/mol. The Kier molecular flexibility index (Phi) is 58.2. The van der Waals surface area contributed by atoms with E-state index in [9.17, 15) is 14.4 Å². The second kappa shape index (κ2) is 60.7. The predicted octanol–water partition coefficient (Wildman–Crippen LogP) is 21.2. The van der Waals surface area contributed by atoms with Gasteiger partial charge < -0.3 is 14.2 Å². The lowest BCUT2D eigenvalue weighted by atomic mass is 10.0. The molecule has 1 unspecified atom stereocenters. The molecule has 0 aromatic heterocycles. The van der Waals surface area contributed by atoms with Crippen molar-refractivity contribution in [3.05, 3.63) is 60.8 Å². The molecule has 0 rings (SSSR count).